The SMILES string of the molecule is CC(C)(C)c1cc(N2CCC(=O)NC2=O)cc(C(=O)Nc2ccccc2CC(=O)O)c1O. The van der Waals surface area contributed by atoms with Crippen molar-refractivity contribution in [3.05, 3.63) is 53.1 Å². The standard InChI is InChI=1S/C23H25N3O6/c1-23(2,3)16-12-14(26-9-8-18(27)25-22(26)32)11-15(20(16)30)21(31)24-17-7-5-4-6-13(17)10-19(28)29/h4-7,11-12,30H,8-10H2,1-3H3,(H,24,31)(H,28,29)(H,25,27,32). The monoisotopic (exact) mass is 439 g/mol. The minimum Gasteiger partial charge on any atom is -0.507 e. The fraction of sp³-hybridized carbons (Fsp3) is 0.304. The molecule has 4 N–H and O–H groups in total. The number of aromatic hydroxyl groups is 1. The van der Waals surface area contributed by atoms with Crippen LogP contribution in [0.25, 0.3) is 0 Å². The average molecular weight is 439 g/mol. The number of phenolic OH excluding ortho intramolecular Hbond substituents is 1. The Hall–Kier alpha value is -3.88. The van der Waals surface area contributed by atoms with Crippen LogP contribution in [0.4, 0.5) is 16.2 Å². The first-order chi connectivity index (χ1) is 15.0. The summed E-state index contributed by atoms with van der Waals surface area (Å²) in [6.07, 6.45) is -0.167. The molecule has 1 aliphatic rings. The summed E-state index contributed by atoms with van der Waals surface area (Å²) >= 11 is 0. The Labute approximate surface area is 185 Å². The van der Waals surface area contributed by atoms with Crippen LogP contribution in [0.5, 0.6) is 5.75 Å². The van der Waals surface area contributed by atoms with Gasteiger partial charge in [0.05, 0.1) is 12.0 Å². The molecule has 0 bridgehead atoms. The lowest BCUT2D eigenvalue weighted by Crippen LogP contribution is -2.49. The van der Waals surface area contributed by atoms with Gasteiger partial charge in [-0.2, -0.15) is 0 Å². The molecule has 1 heterocycles. The highest BCUT2D eigenvalue weighted by atomic mass is 16.4. The largest absolute Gasteiger partial charge is 0.507 e. The predicted octanol–water partition coefficient (Wildman–Crippen LogP) is 3.02. The number of anilines is 2. The molecule has 1 fully saturated rings. The Morgan fingerprint density at radius 2 is 1.84 bits per heavy atom. The minimum atomic E-state index is -1.04. The molecule has 32 heavy (non-hydrogen) atoms. The van der Waals surface area contributed by atoms with Crippen LogP contribution >= 0.6 is 0 Å². The molecule has 0 aromatic heterocycles. The van der Waals surface area contributed by atoms with Crippen LogP contribution in [0.2, 0.25) is 0 Å². The molecule has 1 saturated heterocycles. The normalized spacial score (nSPS) is 14.2. The number of benzene rings is 2. The third-order valence-corrected chi connectivity index (χ3v) is 5.12. The third-order valence-electron chi connectivity index (χ3n) is 5.12. The summed E-state index contributed by atoms with van der Waals surface area (Å²) < 4.78 is 0. The van der Waals surface area contributed by atoms with Crippen molar-refractivity contribution in [3.63, 3.8) is 0 Å². The molecule has 0 radical (unpaired) electrons. The summed E-state index contributed by atoms with van der Waals surface area (Å²) in [4.78, 5) is 49.5. The van der Waals surface area contributed by atoms with Gasteiger partial charge >= 0.3 is 12.0 Å². The van der Waals surface area contributed by atoms with E-state index in [2.05, 4.69) is 10.6 Å². The van der Waals surface area contributed by atoms with Gasteiger partial charge in [-0.15, -0.1) is 0 Å². The second-order valence-electron chi connectivity index (χ2n) is 8.58. The Kier molecular flexibility index (Phi) is 6.20. The molecule has 9 heteroatoms. The number of amides is 4. The van der Waals surface area contributed by atoms with Gasteiger partial charge in [0.15, 0.2) is 0 Å². The van der Waals surface area contributed by atoms with Crippen LogP contribution < -0.4 is 15.5 Å². The lowest BCUT2D eigenvalue weighted by Gasteiger charge is -2.30. The molecular weight excluding hydrogens is 414 g/mol. The van der Waals surface area contributed by atoms with Crippen molar-refractivity contribution < 1.29 is 29.4 Å². The molecule has 2 aromatic carbocycles. The van der Waals surface area contributed by atoms with Gasteiger partial charge in [-0.25, -0.2) is 4.79 Å². The van der Waals surface area contributed by atoms with Crippen LogP contribution in [0.15, 0.2) is 36.4 Å². The number of nitrogens with one attached hydrogen (secondary N) is 2. The molecule has 3 rings (SSSR count). The zero-order chi connectivity index (χ0) is 23.6. The number of nitrogens with zero attached hydrogens (tertiary/aromatic N) is 1. The first-order valence-electron chi connectivity index (χ1n) is 10.1. The highest BCUT2D eigenvalue weighted by molar-refractivity contribution is 6.09. The highest BCUT2D eigenvalue weighted by Gasteiger charge is 2.30. The van der Waals surface area contributed by atoms with Crippen LogP contribution in [0.3, 0.4) is 0 Å². The zero-order valence-electron chi connectivity index (χ0n) is 18.1. The van der Waals surface area contributed by atoms with Gasteiger partial charge in [0, 0.05) is 29.9 Å². The maximum atomic E-state index is 13.1. The molecule has 0 spiro atoms. The van der Waals surface area contributed by atoms with E-state index in [1.165, 1.54) is 11.0 Å². The average Bonchev–Trinajstić information content (AvgIpc) is 2.68. The van der Waals surface area contributed by atoms with Crippen molar-refractivity contribution in [2.75, 3.05) is 16.8 Å². The van der Waals surface area contributed by atoms with Crippen LogP contribution in [-0.4, -0.2) is 40.6 Å². The maximum Gasteiger partial charge on any atom is 0.328 e. The summed E-state index contributed by atoms with van der Waals surface area (Å²) in [6.45, 7) is 5.71. The number of para-hydroxylation sites is 1. The first kappa shape index (κ1) is 22.8. The lowest BCUT2D eigenvalue weighted by atomic mass is 9.84. The van der Waals surface area contributed by atoms with Crippen molar-refractivity contribution in [1.29, 1.82) is 0 Å². The van der Waals surface area contributed by atoms with Gasteiger partial charge in [0.2, 0.25) is 5.91 Å². The summed E-state index contributed by atoms with van der Waals surface area (Å²) in [5.74, 6) is -2.31. The summed E-state index contributed by atoms with van der Waals surface area (Å²) in [7, 11) is 0. The molecule has 9 nitrogen and oxygen atoms in total. The second-order valence-corrected chi connectivity index (χ2v) is 8.58. The van der Waals surface area contributed by atoms with E-state index >= 15 is 0 Å². The number of carboxylic acid groups (broad SMARTS) is 1. The van der Waals surface area contributed by atoms with Crippen LogP contribution in [-0.2, 0) is 21.4 Å². The molecule has 168 valence electrons. The molecule has 2 aromatic rings. The van der Waals surface area contributed by atoms with E-state index in [9.17, 15) is 24.3 Å². The van der Waals surface area contributed by atoms with Crippen molar-refractivity contribution in [2.24, 2.45) is 0 Å². The number of phenols is 1. The Morgan fingerprint density at radius 3 is 2.47 bits per heavy atom. The fourth-order valence-corrected chi connectivity index (χ4v) is 3.48. The van der Waals surface area contributed by atoms with E-state index in [4.69, 9.17) is 5.11 Å². The number of carbonyl (C=O) groups is 4. The Bertz CT molecular complexity index is 1100. The first-order valence-corrected chi connectivity index (χ1v) is 10.1. The van der Waals surface area contributed by atoms with Gasteiger partial charge in [-0.1, -0.05) is 39.0 Å². The quantitative estimate of drug-likeness (QED) is 0.565. The zero-order valence-corrected chi connectivity index (χ0v) is 18.1. The van der Waals surface area contributed by atoms with Crippen molar-refractivity contribution >= 4 is 35.2 Å². The molecule has 0 unspecified atom stereocenters. The molecule has 0 aliphatic carbocycles. The van der Waals surface area contributed by atoms with Gasteiger partial charge in [0.1, 0.15) is 5.75 Å². The number of hydrogen-bond donors (Lipinski definition) is 4. The predicted molar refractivity (Wildman–Crippen MR) is 118 cm³/mol. The van der Waals surface area contributed by atoms with E-state index in [1.807, 2.05) is 20.8 Å². The summed E-state index contributed by atoms with van der Waals surface area (Å²) in [5, 5.41) is 24.9. The number of hydrogen-bond acceptors (Lipinski definition) is 5. The topological polar surface area (TPSA) is 136 Å². The number of aliphatic carboxylic acids is 1. The van der Waals surface area contributed by atoms with Crippen molar-refractivity contribution in [1.82, 2.24) is 5.32 Å². The third kappa shape index (κ3) is 4.88. The highest BCUT2D eigenvalue weighted by Crippen LogP contribution is 2.38. The lowest BCUT2D eigenvalue weighted by molar-refractivity contribution is -0.136. The number of imide groups is 1. The summed E-state index contributed by atoms with van der Waals surface area (Å²) in [5.41, 5.74) is 0.906. The van der Waals surface area contributed by atoms with Crippen LogP contribution in [0.1, 0.15) is 48.7 Å². The second kappa shape index (κ2) is 8.70. The number of urea groups is 1. The van der Waals surface area contributed by atoms with Gasteiger partial charge in [-0.05, 0) is 29.2 Å². The van der Waals surface area contributed by atoms with Crippen LogP contribution in [0, 0.1) is 0 Å². The fourth-order valence-electron chi connectivity index (χ4n) is 3.48. The van der Waals surface area contributed by atoms with Crippen molar-refractivity contribution in [2.45, 2.75) is 39.0 Å². The molecule has 0 atom stereocenters. The van der Waals surface area contributed by atoms with E-state index in [1.54, 1.807) is 30.3 Å². The number of carbonyl (C=O) groups excluding carboxylic acids is 3. The summed E-state index contributed by atoms with van der Waals surface area (Å²) in [6, 6.07) is 8.90. The van der Waals surface area contributed by atoms with Crippen molar-refractivity contribution in [3.8, 4) is 5.75 Å². The van der Waals surface area contributed by atoms with Gasteiger partial charge in [-0.3, -0.25) is 24.6 Å². The molecular formula is C23H25N3O6. The maximum absolute atomic E-state index is 13.1. The Balaban J connectivity index is 2.04. The Morgan fingerprint density at radius 1 is 1.16 bits per heavy atom. The number of carboxylic acids is 1. The molecule has 4 amide bonds. The van der Waals surface area contributed by atoms with E-state index in [0.717, 1.165) is 0 Å². The number of rotatable bonds is 5. The van der Waals surface area contributed by atoms with E-state index in [0.29, 0.717) is 22.5 Å². The molecule has 0 saturated carbocycles. The van der Waals surface area contributed by atoms with E-state index in [-0.39, 0.29) is 36.6 Å². The minimum absolute atomic E-state index is 0.0674. The van der Waals surface area contributed by atoms with Gasteiger partial charge in [0.25, 0.3) is 5.91 Å². The van der Waals surface area contributed by atoms with E-state index < -0.39 is 23.3 Å². The smallest absolute Gasteiger partial charge is 0.328 e. The molecule has 1 aliphatic heterocycles. The van der Waals surface area contributed by atoms with Gasteiger partial charge < -0.3 is 15.5 Å².